The first-order valence-corrected chi connectivity index (χ1v) is 8.87. The molecule has 0 aliphatic carbocycles. The van der Waals surface area contributed by atoms with Crippen LogP contribution in [0.1, 0.15) is 6.92 Å². The Bertz CT molecular complexity index is 1340. The third-order valence-corrected chi connectivity index (χ3v) is 4.49. The lowest BCUT2D eigenvalue weighted by Crippen LogP contribution is -2.04. The van der Waals surface area contributed by atoms with Crippen LogP contribution < -0.4 is 9.47 Å². The van der Waals surface area contributed by atoms with Crippen molar-refractivity contribution in [3.8, 4) is 34.7 Å². The second kappa shape index (κ2) is 6.55. The summed E-state index contributed by atoms with van der Waals surface area (Å²) in [4.78, 5) is 4.36. The van der Waals surface area contributed by atoms with Gasteiger partial charge in [0.15, 0.2) is 17.2 Å². The zero-order valence-electron chi connectivity index (χ0n) is 15.9. The zero-order chi connectivity index (χ0) is 20.0. The van der Waals surface area contributed by atoms with Crippen molar-refractivity contribution in [2.75, 3.05) is 13.7 Å². The van der Waals surface area contributed by atoms with Crippen LogP contribution in [0.4, 0.5) is 0 Å². The van der Waals surface area contributed by atoms with Crippen LogP contribution in [0.3, 0.4) is 0 Å². The molecule has 0 aliphatic heterocycles. The molecule has 4 aromatic heterocycles. The molecule has 5 aromatic rings. The molecule has 5 rings (SSSR count). The van der Waals surface area contributed by atoms with E-state index in [2.05, 4.69) is 25.4 Å². The number of methoxy groups -OCH3 is 1. The highest BCUT2D eigenvalue weighted by Crippen LogP contribution is 2.35. The molecular formula is C18H16N8O3. The second-order valence-corrected chi connectivity index (χ2v) is 6.16. The number of nitrogens with zero attached hydrogens (tertiary/aromatic N) is 8. The second-order valence-electron chi connectivity index (χ2n) is 6.16. The van der Waals surface area contributed by atoms with Crippen LogP contribution in [0.25, 0.3) is 39.5 Å². The van der Waals surface area contributed by atoms with Gasteiger partial charge in [-0.3, -0.25) is 0 Å². The summed E-state index contributed by atoms with van der Waals surface area (Å²) in [5.41, 5.74) is 1.60. The lowest BCUT2D eigenvalue weighted by molar-refractivity contribution is 0.226. The van der Waals surface area contributed by atoms with Gasteiger partial charge in [0.05, 0.1) is 25.2 Å². The summed E-state index contributed by atoms with van der Waals surface area (Å²) in [6, 6.07) is 7.34. The van der Waals surface area contributed by atoms with Crippen molar-refractivity contribution in [3.05, 3.63) is 30.6 Å². The maximum atomic E-state index is 5.58. The third kappa shape index (κ3) is 2.58. The smallest absolute Gasteiger partial charge is 0.311 e. The van der Waals surface area contributed by atoms with E-state index in [1.165, 1.54) is 6.33 Å². The summed E-state index contributed by atoms with van der Waals surface area (Å²) in [5, 5.41) is 23.2. The van der Waals surface area contributed by atoms with Gasteiger partial charge >= 0.3 is 5.95 Å². The molecule has 0 fully saturated rings. The molecule has 11 nitrogen and oxygen atoms in total. The molecule has 0 radical (unpaired) electrons. The summed E-state index contributed by atoms with van der Waals surface area (Å²) in [7, 11) is 3.41. The molecule has 0 aliphatic rings. The highest BCUT2D eigenvalue weighted by atomic mass is 16.6. The van der Waals surface area contributed by atoms with Crippen LogP contribution in [0, 0.1) is 0 Å². The number of fused-ring (bicyclic) bond motifs is 3. The first-order valence-electron chi connectivity index (χ1n) is 8.87. The Morgan fingerprint density at radius 2 is 2.07 bits per heavy atom. The van der Waals surface area contributed by atoms with Gasteiger partial charge in [-0.2, -0.15) is 14.7 Å². The summed E-state index contributed by atoms with van der Waals surface area (Å²) in [6.45, 7) is 2.33. The highest BCUT2D eigenvalue weighted by molar-refractivity contribution is 6.04. The van der Waals surface area contributed by atoms with Gasteiger partial charge in [-0.15, -0.1) is 10.2 Å². The average Bonchev–Trinajstić information content (AvgIpc) is 3.46. The number of benzene rings is 1. The molecule has 0 N–H and O–H groups in total. The standard InChI is InChI=1S/C18H16N8O3/c1-4-28-13-8-11(24-29-13)17-22-21-16-10-6-5-7-12(27-3)14(10)15(23-26(16)17)18-19-9-20-25(18)2/h5-9H,4H2,1-3H3. The summed E-state index contributed by atoms with van der Waals surface area (Å²) >= 11 is 0. The van der Waals surface area contributed by atoms with Crippen LogP contribution in [-0.2, 0) is 7.05 Å². The molecular weight excluding hydrogens is 376 g/mol. The maximum absolute atomic E-state index is 5.58. The van der Waals surface area contributed by atoms with E-state index in [9.17, 15) is 0 Å². The number of aryl methyl sites for hydroxylation is 1. The topological polar surface area (TPSA) is 118 Å². The Morgan fingerprint density at radius 3 is 2.83 bits per heavy atom. The van der Waals surface area contributed by atoms with E-state index in [0.29, 0.717) is 47.0 Å². The van der Waals surface area contributed by atoms with Crippen LogP contribution in [0.15, 0.2) is 35.1 Å². The van der Waals surface area contributed by atoms with Gasteiger partial charge in [0.25, 0.3) is 0 Å². The van der Waals surface area contributed by atoms with Crippen molar-refractivity contribution in [2.45, 2.75) is 6.92 Å². The SMILES string of the molecule is CCOc1cc(-c2nnc3c4cccc(OC)c4c(-c4ncnn4C)nn23)no1. The predicted octanol–water partition coefficient (Wildman–Crippen LogP) is 2.14. The molecule has 0 unspecified atom stereocenters. The van der Waals surface area contributed by atoms with Crippen molar-refractivity contribution in [3.63, 3.8) is 0 Å². The highest BCUT2D eigenvalue weighted by Gasteiger charge is 2.22. The minimum atomic E-state index is 0.301. The van der Waals surface area contributed by atoms with Crippen molar-refractivity contribution in [1.82, 2.24) is 39.7 Å². The van der Waals surface area contributed by atoms with Crippen molar-refractivity contribution in [1.29, 1.82) is 0 Å². The van der Waals surface area contributed by atoms with E-state index in [4.69, 9.17) is 19.1 Å². The molecule has 0 saturated carbocycles. The van der Waals surface area contributed by atoms with Crippen LogP contribution >= 0.6 is 0 Å². The van der Waals surface area contributed by atoms with Crippen LogP contribution in [0.5, 0.6) is 11.7 Å². The van der Waals surface area contributed by atoms with E-state index < -0.39 is 0 Å². The molecule has 146 valence electrons. The van der Waals surface area contributed by atoms with Crippen LogP contribution in [-0.4, -0.2) is 53.4 Å². The predicted molar refractivity (Wildman–Crippen MR) is 102 cm³/mol. The van der Waals surface area contributed by atoms with Gasteiger partial charge in [-0.1, -0.05) is 17.3 Å². The largest absolute Gasteiger partial charge is 0.496 e. The molecule has 0 amide bonds. The van der Waals surface area contributed by atoms with Gasteiger partial charge in [0, 0.05) is 12.4 Å². The fourth-order valence-electron chi connectivity index (χ4n) is 3.23. The van der Waals surface area contributed by atoms with Crippen molar-refractivity contribution < 1.29 is 14.0 Å². The monoisotopic (exact) mass is 392 g/mol. The number of rotatable bonds is 5. The van der Waals surface area contributed by atoms with Crippen LogP contribution in [0.2, 0.25) is 0 Å². The third-order valence-electron chi connectivity index (χ3n) is 4.49. The van der Waals surface area contributed by atoms with Gasteiger partial charge in [-0.25, -0.2) is 9.67 Å². The van der Waals surface area contributed by atoms with E-state index in [1.54, 1.807) is 29.4 Å². The first-order chi connectivity index (χ1) is 14.2. The van der Waals surface area contributed by atoms with Gasteiger partial charge < -0.3 is 14.0 Å². The lowest BCUT2D eigenvalue weighted by atomic mass is 10.1. The van der Waals surface area contributed by atoms with E-state index >= 15 is 0 Å². The number of ether oxygens (including phenoxy) is 2. The Labute approximate surface area is 163 Å². The minimum Gasteiger partial charge on any atom is -0.496 e. The Morgan fingerprint density at radius 1 is 1.17 bits per heavy atom. The molecule has 11 heteroatoms. The van der Waals surface area contributed by atoms with E-state index in [1.807, 2.05) is 25.1 Å². The Kier molecular flexibility index (Phi) is 3.86. The first kappa shape index (κ1) is 17.1. The van der Waals surface area contributed by atoms with Crippen molar-refractivity contribution >= 4 is 16.4 Å². The molecule has 4 heterocycles. The van der Waals surface area contributed by atoms with Gasteiger partial charge in [0.1, 0.15) is 17.8 Å². The molecule has 0 atom stereocenters. The summed E-state index contributed by atoms with van der Waals surface area (Å²) in [6.07, 6.45) is 1.47. The zero-order valence-corrected chi connectivity index (χ0v) is 15.9. The van der Waals surface area contributed by atoms with Crippen molar-refractivity contribution in [2.24, 2.45) is 7.05 Å². The van der Waals surface area contributed by atoms with Gasteiger partial charge in [0.2, 0.25) is 5.82 Å². The minimum absolute atomic E-state index is 0.301. The molecule has 0 spiro atoms. The Hall–Kier alpha value is -4.02. The lowest BCUT2D eigenvalue weighted by Gasteiger charge is -2.10. The number of aromatic nitrogens is 8. The van der Waals surface area contributed by atoms with Gasteiger partial charge in [-0.05, 0) is 13.0 Å². The molecule has 0 saturated heterocycles. The fraction of sp³-hybridized carbons (Fsp3) is 0.222. The molecule has 29 heavy (non-hydrogen) atoms. The summed E-state index contributed by atoms with van der Waals surface area (Å²) in [5.74, 6) is 1.95. The number of hydrogen-bond acceptors (Lipinski definition) is 9. The number of hydrogen-bond donors (Lipinski definition) is 0. The molecule has 0 bridgehead atoms. The normalized spacial score (nSPS) is 11.4. The Balaban J connectivity index is 1.84. The van der Waals surface area contributed by atoms with E-state index in [-0.39, 0.29) is 0 Å². The fourth-order valence-corrected chi connectivity index (χ4v) is 3.23. The quantitative estimate of drug-likeness (QED) is 0.443. The van der Waals surface area contributed by atoms with E-state index in [0.717, 1.165) is 10.8 Å². The maximum Gasteiger partial charge on any atom is 0.311 e. The molecule has 1 aromatic carbocycles. The summed E-state index contributed by atoms with van der Waals surface area (Å²) < 4.78 is 19.4. The average molecular weight is 392 g/mol.